The number of hydrogen-bond donors (Lipinski definition) is 3. The monoisotopic (exact) mass is 380 g/mol. The maximum absolute atomic E-state index is 12.6. The molecule has 0 unspecified atom stereocenters. The number of hydrogen-bond acceptors (Lipinski definition) is 4. The molecule has 0 radical (unpaired) electrons. The number of H-pyrrole nitrogens is 1. The third kappa shape index (κ3) is 3.31. The summed E-state index contributed by atoms with van der Waals surface area (Å²) in [7, 11) is 0. The molecule has 0 saturated carbocycles. The molecule has 0 saturated heterocycles. The van der Waals surface area contributed by atoms with Gasteiger partial charge in [-0.15, -0.1) is 0 Å². The lowest BCUT2D eigenvalue weighted by atomic mass is 10.1. The molecule has 0 atom stereocenters. The summed E-state index contributed by atoms with van der Waals surface area (Å²) in [6.45, 7) is 1.97. The van der Waals surface area contributed by atoms with E-state index in [4.69, 9.17) is 11.6 Å². The van der Waals surface area contributed by atoms with Crippen LogP contribution in [0.3, 0.4) is 0 Å². The van der Waals surface area contributed by atoms with Crippen molar-refractivity contribution in [2.24, 2.45) is 0 Å². The van der Waals surface area contributed by atoms with E-state index in [0.717, 1.165) is 28.2 Å². The summed E-state index contributed by atoms with van der Waals surface area (Å²) in [6.07, 6.45) is 2.57. The minimum absolute atomic E-state index is 0.0800. The molecule has 4 rings (SSSR count). The van der Waals surface area contributed by atoms with Crippen LogP contribution in [-0.2, 0) is 17.6 Å². The second-order valence-electron chi connectivity index (χ2n) is 6.30. The zero-order chi connectivity index (χ0) is 19.0. The Morgan fingerprint density at radius 3 is 2.81 bits per heavy atom. The smallest absolute Gasteiger partial charge is 0.256 e. The average Bonchev–Trinajstić information content (AvgIpc) is 3.04. The van der Waals surface area contributed by atoms with Gasteiger partial charge in [-0.1, -0.05) is 30.7 Å². The van der Waals surface area contributed by atoms with Crippen molar-refractivity contribution in [3.8, 4) is 11.1 Å². The lowest BCUT2D eigenvalue weighted by Crippen LogP contribution is -2.14. The summed E-state index contributed by atoms with van der Waals surface area (Å²) in [5.41, 5.74) is 4.27. The van der Waals surface area contributed by atoms with E-state index in [1.165, 1.54) is 0 Å². The van der Waals surface area contributed by atoms with Gasteiger partial charge in [0.2, 0.25) is 5.91 Å². The van der Waals surface area contributed by atoms with Crippen LogP contribution < -0.4 is 16.2 Å². The van der Waals surface area contributed by atoms with E-state index in [0.29, 0.717) is 22.8 Å². The number of rotatable bonds is 4. The number of nitrogens with zero attached hydrogens (tertiary/aromatic N) is 1. The van der Waals surface area contributed by atoms with Crippen LogP contribution in [0, 0.1) is 0 Å². The molecular weight excluding hydrogens is 364 g/mol. The summed E-state index contributed by atoms with van der Waals surface area (Å²) >= 11 is 6.08. The second kappa shape index (κ2) is 6.89. The van der Waals surface area contributed by atoms with Gasteiger partial charge in [0.25, 0.3) is 5.56 Å². The van der Waals surface area contributed by atoms with Gasteiger partial charge in [0.1, 0.15) is 5.82 Å². The van der Waals surface area contributed by atoms with E-state index >= 15 is 0 Å². The van der Waals surface area contributed by atoms with E-state index in [9.17, 15) is 9.59 Å². The fourth-order valence-corrected chi connectivity index (χ4v) is 3.40. The molecule has 0 fully saturated rings. The van der Waals surface area contributed by atoms with Crippen molar-refractivity contribution in [1.82, 2.24) is 9.97 Å². The van der Waals surface area contributed by atoms with Gasteiger partial charge in [-0.25, -0.2) is 4.98 Å². The number of carbonyl (C=O) groups excluding carboxylic acids is 1. The van der Waals surface area contributed by atoms with Crippen LogP contribution in [0.2, 0.25) is 5.02 Å². The van der Waals surface area contributed by atoms with Crippen molar-refractivity contribution >= 4 is 34.7 Å². The Labute approximate surface area is 160 Å². The van der Waals surface area contributed by atoms with E-state index in [-0.39, 0.29) is 17.9 Å². The van der Waals surface area contributed by atoms with Crippen molar-refractivity contribution in [3.05, 3.63) is 69.2 Å². The maximum atomic E-state index is 12.6. The highest BCUT2D eigenvalue weighted by atomic mass is 35.5. The SMILES string of the molecule is CCc1[nH]c(=O)c(-c2cccc(Cl)c2)cc1Nc1ccnc2c1CC(=O)N2. The number of pyridine rings is 2. The Hall–Kier alpha value is -3.12. The topological polar surface area (TPSA) is 86.9 Å². The number of nitrogens with one attached hydrogen (secondary N) is 3. The number of carbonyl (C=O) groups is 1. The first-order valence-electron chi connectivity index (χ1n) is 8.62. The number of aromatic nitrogens is 2. The molecule has 6 nitrogen and oxygen atoms in total. The molecule has 0 spiro atoms. The molecule has 3 aromatic rings. The Balaban J connectivity index is 1.80. The summed E-state index contributed by atoms with van der Waals surface area (Å²) in [5.74, 6) is 0.492. The van der Waals surface area contributed by atoms with Gasteiger partial charge in [-0.05, 0) is 36.2 Å². The van der Waals surface area contributed by atoms with Gasteiger partial charge in [0, 0.05) is 33.7 Å². The van der Waals surface area contributed by atoms with Crippen LogP contribution in [0.15, 0.2) is 47.4 Å². The normalized spacial score (nSPS) is 12.6. The summed E-state index contributed by atoms with van der Waals surface area (Å²) in [5, 5.41) is 6.67. The quantitative estimate of drug-likeness (QED) is 0.640. The second-order valence-corrected chi connectivity index (χ2v) is 6.74. The predicted octanol–water partition coefficient (Wildman–Crippen LogP) is 3.89. The molecule has 27 heavy (non-hydrogen) atoms. The molecule has 136 valence electrons. The number of benzene rings is 1. The summed E-state index contributed by atoms with van der Waals surface area (Å²) in [6, 6.07) is 10.8. The van der Waals surface area contributed by atoms with Gasteiger partial charge in [-0.2, -0.15) is 0 Å². The molecule has 1 aromatic carbocycles. The standard InChI is InChI=1S/C20H17ClN4O2/c1-2-15-17(23-16-6-7-22-19-14(16)10-18(26)25-19)9-13(20(27)24-15)11-4-3-5-12(21)8-11/h3-9H,2,10H2,1H3,(H,24,27)(H2,22,23,25,26). The minimum atomic E-state index is -0.170. The highest BCUT2D eigenvalue weighted by Crippen LogP contribution is 2.32. The number of anilines is 3. The van der Waals surface area contributed by atoms with Gasteiger partial charge in [0.05, 0.1) is 12.1 Å². The third-order valence-electron chi connectivity index (χ3n) is 4.53. The van der Waals surface area contributed by atoms with Crippen LogP contribution in [-0.4, -0.2) is 15.9 Å². The molecule has 1 aliphatic heterocycles. The maximum Gasteiger partial charge on any atom is 0.256 e. The zero-order valence-electron chi connectivity index (χ0n) is 14.6. The minimum Gasteiger partial charge on any atom is -0.354 e. The molecule has 7 heteroatoms. The van der Waals surface area contributed by atoms with Crippen LogP contribution in [0.4, 0.5) is 17.2 Å². The highest BCUT2D eigenvalue weighted by molar-refractivity contribution is 6.30. The zero-order valence-corrected chi connectivity index (χ0v) is 15.4. The number of fused-ring (bicyclic) bond motifs is 1. The van der Waals surface area contributed by atoms with Crippen LogP contribution >= 0.6 is 11.6 Å². The van der Waals surface area contributed by atoms with Crippen molar-refractivity contribution in [1.29, 1.82) is 0 Å². The van der Waals surface area contributed by atoms with Crippen molar-refractivity contribution < 1.29 is 4.79 Å². The largest absolute Gasteiger partial charge is 0.354 e. The first-order valence-corrected chi connectivity index (χ1v) is 9.00. The predicted molar refractivity (Wildman–Crippen MR) is 107 cm³/mol. The van der Waals surface area contributed by atoms with Crippen LogP contribution in [0.5, 0.6) is 0 Å². The number of aryl methyl sites for hydroxylation is 1. The number of aromatic amines is 1. The first kappa shape index (κ1) is 17.3. The Kier molecular flexibility index (Phi) is 4.41. The lowest BCUT2D eigenvalue weighted by molar-refractivity contribution is -0.115. The Morgan fingerprint density at radius 1 is 1.19 bits per heavy atom. The van der Waals surface area contributed by atoms with Gasteiger partial charge < -0.3 is 15.6 Å². The molecule has 0 aliphatic carbocycles. The fraction of sp³-hybridized carbons (Fsp3) is 0.150. The van der Waals surface area contributed by atoms with Crippen molar-refractivity contribution in [2.75, 3.05) is 10.6 Å². The Bertz CT molecular complexity index is 1110. The lowest BCUT2D eigenvalue weighted by Gasteiger charge is -2.15. The third-order valence-corrected chi connectivity index (χ3v) is 4.77. The summed E-state index contributed by atoms with van der Waals surface area (Å²) < 4.78 is 0. The fourth-order valence-electron chi connectivity index (χ4n) is 3.21. The molecule has 1 aliphatic rings. The summed E-state index contributed by atoms with van der Waals surface area (Å²) in [4.78, 5) is 31.4. The van der Waals surface area contributed by atoms with E-state index < -0.39 is 0 Å². The highest BCUT2D eigenvalue weighted by Gasteiger charge is 2.22. The first-order chi connectivity index (χ1) is 13.0. The van der Waals surface area contributed by atoms with Crippen molar-refractivity contribution in [3.63, 3.8) is 0 Å². The van der Waals surface area contributed by atoms with E-state index in [1.54, 1.807) is 18.3 Å². The number of halogens is 1. The number of amides is 1. The van der Waals surface area contributed by atoms with Gasteiger partial charge in [0.15, 0.2) is 0 Å². The van der Waals surface area contributed by atoms with Gasteiger partial charge in [-0.3, -0.25) is 9.59 Å². The Morgan fingerprint density at radius 2 is 2.04 bits per heavy atom. The van der Waals surface area contributed by atoms with E-state index in [1.807, 2.05) is 31.2 Å². The molecule has 0 bridgehead atoms. The average molecular weight is 381 g/mol. The molecule has 3 heterocycles. The molecule has 2 aromatic heterocycles. The molecule has 3 N–H and O–H groups in total. The van der Waals surface area contributed by atoms with Crippen molar-refractivity contribution in [2.45, 2.75) is 19.8 Å². The van der Waals surface area contributed by atoms with Gasteiger partial charge >= 0.3 is 0 Å². The molecule has 1 amide bonds. The van der Waals surface area contributed by atoms with Crippen LogP contribution in [0.1, 0.15) is 18.2 Å². The van der Waals surface area contributed by atoms with Crippen LogP contribution in [0.25, 0.3) is 11.1 Å². The van der Waals surface area contributed by atoms with E-state index in [2.05, 4.69) is 20.6 Å². The molecular formula is C20H17ClN4O2.